The van der Waals surface area contributed by atoms with Crippen molar-refractivity contribution in [1.29, 1.82) is 0 Å². The Morgan fingerprint density at radius 2 is 2.58 bits per heavy atom. The molecule has 0 spiro atoms. The summed E-state index contributed by atoms with van der Waals surface area (Å²) >= 11 is 0. The molecule has 1 fully saturated rings. The van der Waals surface area contributed by atoms with Crippen LogP contribution >= 0.6 is 0 Å². The molecule has 0 amide bonds. The zero-order chi connectivity index (χ0) is 8.77. The van der Waals surface area contributed by atoms with Crippen molar-refractivity contribution in [2.45, 2.75) is 11.8 Å². The van der Waals surface area contributed by atoms with Crippen molar-refractivity contribution in [2.24, 2.45) is 5.73 Å². The number of carbonyl (C=O) groups excluding carboxylic acids is 1. The number of hydrogen-bond donors (Lipinski definition) is 2. The molecule has 0 bridgehead atoms. The predicted octanol–water partition coefficient (Wildman–Crippen LogP) is -0.447. The summed E-state index contributed by atoms with van der Waals surface area (Å²) in [6, 6.07) is 0. The van der Waals surface area contributed by atoms with Crippen LogP contribution in [0.3, 0.4) is 0 Å². The highest BCUT2D eigenvalue weighted by Crippen LogP contribution is 2.40. The Balaban J connectivity index is 2.23. The molecular weight excluding hydrogens is 162 g/mol. The van der Waals surface area contributed by atoms with Crippen LogP contribution in [-0.4, -0.2) is 23.1 Å². The molecule has 0 aromatic heterocycles. The molecule has 12 heavy (non-hydrogen) atoms. The summed E-state index contributed by atoms with van der Waals surface area (Å²) in [4.78, 5) is 14.4. The Bertz CT molecular complexity index is 296. The lowest BCUT2D eigenvalue weighted by Crippen LogP contribution is -2.28. The number of nitrogens with two attached hydrogens (primary N) is 1. The molecule has 0 aromatic rings. The Hall–Kier alpha value is -1.17. The van der Waals surface area contributed by atoms with E-state index in [-0.39, 0.29) is 5.57 Å². The first-order valence-electron chi connectivity index (χ1n) is 3.39. The van der Waals surface area contributed by atoms with Gasteiger partial charge in [0.1, 0.15) is 6.10 Å². The Morgan fingerprint density at radius 3 is 3.25 bits per heavy atom. The first-order valence-corrected chi connectivity index (χ1v) is 3.39. The van der Waals surface area contributed by atoms with E-state index in [0.29, 0.717) is 0 Å². The molecule has 2 aliphatic rings. The second kappa shape index (κ2) is 2.16. The number of allylic oxidation sites excluding steroid dienone is 2. The molecule has 2 unspecified atom stereocenters. The van der Waals surface area contributed by atoms with E-state index in [0.717, 1.165) is 0 Å². The lowest BCUT2D eigenvalue weighted by molar-refractivity contribution is -0.229. The first kappa shape index (κ1) is 7.48. The van der Waals surface area contributed by atoms with Crippen LogP contribution in [0.15, 0.2) is 23.8 Å². The fourth-order valence-electron chi connectivity index (χ4n) is 1.22. The molecule has 2 rings (SSSR count). The van der Waals surface area contributed by atoms with Gasteiger partial charge in [-0.3, -0.25) is 10.6 Å². The van der Waals surface area contributed by atoms with E-state index in [1.54, 1.807) is 12.2 Å². The highest BCUT2D eigenvalue weighted by molar-refractivity contribution is 5.91. The Kier molecular flexibility index (Phi) is 1.35. The second-order valence-corrected chi connectivity index (χ2v) is 2.71. The third-order valence-corrected chi connectivity index (χ3v) is 1.91. The summed E-state index contributed by atoms with van der Waals surface area (Å²) in [5.74, 6) is -0.823. The van der Waals surface area contributed by atoms with E-state index in [1.807, 2.05) is 0 Å². The molecule has 1 aliphatic carbocycles. The van der Waals surface area contributed by atoms with Crippen LogP contribution in [0.5, 0.6) is 0 Å². The number of fused-ring (bicyclic) bond motifs is 1. The third-order valence-electron chi connectivity index (χ3n) is 1.91. The van der Waals surface area contributed by atoms with Crippen molar-refractivity contribution < 1.29 is 19.7 Å². The number of carbonyl (C=O) groups is 1. The molecule has 1 saturated heterocycles. The van der Waals surface area contributed by atoms with Gasteiger partial charge in [-0.15, -0.1) is 0 Å². The molecule has 1 heterocycles. The molecule has 0 radical (unpaired) electrons. The summed E-state index contributed by atoms with van der Waals surface area (Å²) in [5.41, 5.74) is 4.97. The van der Waals surface area contributed by atoms with Gasteiger partial charge in [-0.1, -0.05) is 6.08 Å². The predicted molar refractivity (Wildman–Crippen MR) is 37.7 cm³/mol. The van der Waals surface area contributed by atoms with Crippen molar-refractivity contribution in [3.63, 3.8) is 0 Å². The van der Waals surface area contributed by atoms with Crippen LogP contribution in [-0.2, 0) is 14.4 Å². The van der Waals surface area contributed by atoms with Crippen LogP contribution in [0.25, 0.3) is 0 Å². The van der Waals surface area contributed by atoms with E-state index in [2.05, 4.69) is 4.89 Å². The standard InChI is InChI=1S/C7H7NO4/c8-7-3-1-2-4(5(7)11-7)6(9)12-10/h1-3,5,10H,8H2. The molecule has 0 saturated carbocycles. The molecule has 5 heteroatoms. The van der Waals surface area contributed by atoms with Crippen molar-refractivity contribution in [2.75, 3.05) is 0 Å². The minimum atomic E-state index is -0.863. The second-order valence-electron chi connectivity index (χ2n) is 2.71. The molecule has 2 atom stereocenters. The highest BCUT2D eigenvalue weighted by Gasteiger charge is 2.56. The number of epoxide rings is 1. The van der Waals surface area contributed by atoms with Crippen molar-refractivity contribution in [3.05, 3.63) is 23.8 Å². The molecular formula is C7H7NO4. The van der Waals surface area contributed by atoms with E-state index in [4.69, 9.17) is 15.7 Å². The van der Waals surface area contributed by atoms with Gasteiger partial charge in [-0.2, -0.15) is 5.26 Å². The maximum absolute atomic E-state index is 10.8. The van der Waals surface area contributed by atoms with Gasteiger partial charge >= 0.3 is 5.97 Å². The fourth-order valence-corrected chi connectivity index (χ4v) is 1.22. The van der Waals surface area contributed by atoms with Gasteiger partial charge in [0, 0.05) is 0 Å². The van der Waals surface area contributed by atoms with Gasteiger partial charge in [-0.05, 0) is 12.2 Å². The topological polar surface area (TPSA) is 85.1 Å². The lowest BCUT2D eigenvalue weighted by Gasteiger charge is -2.04. The first-order chi connectivity index (χ1) is 5.67. The van der Waals surface area contributed by atoms with E-state index in [9.17, 15) is 4.79 Å². The summed E-state index contributed by atoms with van der Waals surface area (Å²) in [6.45, 7) is 0. The van der Waals surface area contributed by atoms with E-state index >= 15 is 0 Å². The fraction of sp³-hybridized carbons (Fsp3) is 0.286. The van der Waals surface area contributed by atoms with Gasteiger partial charge < -0.3 is 4.74 Å². The number of rotatable bonds is 1. The van der Waals surface area contributed by atoms with Crippen LogP contribution in [0.1, 0.15) is 0 Å². The maximum atomic E-state index is 10.8. The zero-order valence-corrected chi connectivity index (χ0v) is 6.06. The third kappa shape index (κ3) is 0.878. The minimum absolute atomic E-state index is 0.238. The van der Waals surface area contributed by atoms with Crippen LogP contribution < -0.4 is 5.73 Å². The summed E-state index contributed by atoms with van der Waals surface area (Å²) in [5, 5.41) is 8.10. The van der Waals surface area contributed by atoms with Crippen LogP contribution in [0, 0.1) is 0 Å². The Morgan fingerprint density at radius 1 is 1.83 bits per heavy atom. The quantitative estimate of drug-likeness (QED) is 0.315. The number of ether oxygens (including phenoxy) is 1. The van der Waals surface area contributed by atoms with Crippen LogP contribution in [0.4, 0.5) is 0 Å². The lowest BCUT2D eigenvalue weighted by atomic mass is 10.0. The normalized spacial score (nSPS) is 36.8. The monoisotopic (exact) mass is 169 g/mol. The average molecular weight is 169 g/mol. The van der Waals surface area contributed by atoms with Gasteiger partial charge in [0.25, 0.3) is 0 Å². The molecule has 3 N–H and O–H groups in total. The maximum Gasteiger partial charge on any atom is 0.371 e. The van der Waals surface area contributed by atoms with Crippen LogP contribution in [0.2, 0.25) is 0 Å². The SMILES string of the molecule is NC12C=CC=C(C(=O)OO)C1O2. The largest absolute Gasteiger partial charge is 0.371 e. The smallest absolute Gasteiger partial charge is 0.341 e. The number of hydrogen-bond acceptors (Lipinski definition) is 5. The minimum Gasteiger partial charge on any atom is -0.341 e. The highest BCUT2D eigenvalue weighted by atomic mass is 17.1. The summed E-state index contributed by atoms with van der Waals surface area (Å²) in [6.07, 6.45) is 4.27. The summed E-state index contributed by atoms with van der Waals surface area (Å²) in [7, 11) is 0. The van der Waals surface area contributed by atoms with Gasteiger partial charge in [-0.25, -0.2) is 4.79 Å². The van der Waals surface area contributed by atoms with Crippen molar-refractivity contribution >= 4 is 5.97 Å². The van der Waals surface area contributed by atoms with E-state index in [1.165, 1.54) is 6.08 Å². The van der Waals surface area contributed by atoms with Crippen molar-refractivity contribution in [3.8, 4) is 0 Å². The van der Waals surface area contributed by atoms with Gasteiger partial charge in [0.15, 0.2) is 5.72 Å². The Labute approximate surface area is 68.0 Å². The average Bonchev–Trinajstić information content (AvgIpc) is 2.74. The van der Waals surface area contributed by atoms with Crippen molar-refractivity contribution in [1.82, 2.24) is 0 Å². The molecule has 0 aromatic carbocycles. The molecule has 64 valence electrons. The van der Waals surface area contributed by atoms with Gasteiger partial charge in [0.2, 0.25) is 0 Å². The van der Waals surface area contributed by atoms with E-state index < -0.39 is 17.8 Å². The molecule has 5 nitrogen and oxygen atoms in total. The summed E-state index contributed by atoms with van der Waals surface area (Å²) < 4.78 is 5.01. The van der Waals surface area contributed by atoms with Gasteiger partial charge in [0.05, 0.1) is 5.57 Å². The zero-order valence-electron chi connectivity index (χ0n) is 6.06. The molecule has 1 aliphatic heterocycles.